The van der Waals surface area contributed by atoms with Crippen molar-refractivity contribution in [3.63, 3.8) is 0 Å². The van der Waals surface area contributed by atoms with E-state index >= 15 is 0 Å². The van der Waals surface area contributed by atoms with Crippen LogP contribution in [-0.4, -0.2) is 62.4 Å². The van der Waals surface area contributed by atoms with E-state index in [-0.39, 0.29) is 26.2 Å². The van der Waals surface area contributed by atoms with Crippen LogP contribution in [0.3, 0.4) is 0 Å². The van der Waals surface area contributed by atoms with Crippen LogP contribution in [-0.2, 0) is 10.0 Å². The number of hydrogen-bond acceptors (Lipinski definition) is 3. The van der Waals surface area contributed by atoms with Crippen LogP contribution in [0.4, 0.5) is 18.0 Å². The van der Waals surface area contributed by atoms with E-state index in [1.165, 1.54) is 0 Å². The van der Waals surface area contributed by atoms with Crippen LogP contribution in [0.25, 0.3) is 0 Å². The van der Waals surface area contributed by atoms with Gasteiger partial charge in [-0.25, -0.2) is 18.5 Å². The summed E-state index contributed by atoms with van der Waals surface area (Å²) in [4.78, 5) is 12.0. The van der Waals surface area contributed by atoms with Gasteiger partial charge in [-0.05, 0) is 0 Å². The maximum atomic E-state index is 11.9. The van der Waals surface area contributed by atoms with Crippen LogP contribution in [0, 0.1) is 0 Å². The first-order valence-electron chi connectivity index (χ1n) is 4.68. The molecule has 1 N–H and O–H groups in total. The van der Waals surface area contributed by atoms with Gasteiger partial charge in [-0.15, -0.1) is 0 Å². The molecule has 1 rings (SSSR count). The molecule has 1 aliphatic heterocycles. The van der Waals surface area contributed by atoms with E-state index in [1.807, 2.05) is 0 Å². The maximum absolute atomic E-state index is 11.9. The number of rotatable bonds is 1. The zero-order chi connectivity index (χ0) is 13.3. The first-order valence-corrected chi connectivity index (χ1v) is 6.53. The molecule has 1 aliphatic rings. The normalized spacial score (nSPS) is 19.2. The van der Waals surface area contributed by atoms with Gasteiger partial charge in [-0.1, -0.05) is 0 Å². The Morgan fingerprint density at radius 2 is 1.65 bits per heavy atom. The molecular formula is C7H12F3N3O3S. The summed E-state index contributed by atoms with van der Waals surface area (Å²) in [6, 6.07) is -1.26. The summed E-state index contributed by atoms with van der Waals surface area (Å²) in [5.41, 5.74) is 0. The number of alkyl halides is 3. The second-order valence-corrected chi connectivity index (χ2v) is 5.56. The van der Waals surface area contributed by atoms with E-state index in [2.05, 4.69) is 0 Å². The third-order valence-corrected chi connectivity index (χ3v) is 3.55. The summed E-state index contributed by atoms with van der Waals surface area (Å²) >= 11 is 0. The molecule has 0 unspecified atom stereocenters. The van der Waals surface area contributed by atoms with E-state index < -0.39 is 22.4 Å². The molecule has 1 heterocycles. The fourth-order valence-electron chi connectivity index (χ4n) is 1.42. The van der Waals surface area contributed by atoms with E-state index in [0.29, 0.717) is 0 Å². The lowest BCUT2D eigenvalue weighted by atomic mass is 10.4. The van der Waals surface area contributed by atoms with Crippen molar-refractivity contribution in [1.82, 2.24) is 14.5 Å². The minimum absolute atomic E-state index is 0.00408. The summed E-state index contributed by atoms with van der Waals surface area (Å²) in [5, 5.41) is 0.861. The molecule has 10 heteroatoms. The number of amides is 2. The Kier molecular flexibility index (Phi) is 3.87. The molecule has 17 heavy (non-hydrogen) atoms. The third kappa shape index (κ3) is 4.38. The van der Waals surface area contributed by atoms with E-state index in [9.17, 15) is 26.4 Å². The first kappa shape index (κ1) is 14.0. The molecule has 0 aromatic carbocycles. The summed E-state index contributed by atoms with van der Waals surface area (Å²) in [7, 11) is -3.36. The van der Waals surface area contributed by atoms with Crippen LogP contribution in [0.5, 0.6) is 0 Å². The third-order valence-electron chi connectivity index (χ3n) is 2.24. The molecule has 0 bridgehead atoms. The Balaban J connectivity index is 2.50. The van der Waals surface area contributed by atoms with Gasteiger partial charge in [-0.3, -0.25) is 0 Å². The fourth-order valence-corrected chi connectivity index (χ4v) is 2.25. The zero-order valence-electron chi connectivity index (χ0n) is 8.99. The molecule has 2 amide bonds. The highest BCUT2D eigenvalue weighted by Gasteiger charge is 2.34. The lowest BCUT2D eigenvalue weighted by molar-refractivity contribution is -0.147. The Labute approximate surface area is 96.4 Å². The predicted octanol–water partition coefficient (Wildman–Crippen LogP) is -0.207. The molecule has 1 fully saturated rings. The molecule has 0 radical (unpaired) electrons. The lowest BCUT2D eigenvalue weighted by Crippen LogP contribution is -2.55. The van der Waals surface area contributed by atoms with Crippen molar-refractivity contribution in [2.45, 2.75) is 6.30 Å². The van der Waals surface area contributed by atoms with Crippen molar-refractivity contribution < 1.29 is 26.4 Å². The predicted molar refractivity (Wildman–Crippen MR) is 52.6 cm³/mol. The summed E-state index contributed by atoms with van der Waals surface area (Å²) in [5.74, 6) is 0. The molecule has 100 valence electrons. The molecule has 1 saturated heterocycles. The second kappa shape index (κ2) is 4.69. The molecule has 0 saturated carbocycles. The van der Waals surface area contributed by atoms with Gasteiger partial charge in [0.2, 0.25) is 10.0 Å². The monoisotopic (exact) mass is 275 g/mol. The molecule has 0 aromatic rings. The fraction of sp³-hybridized carbons (Fsp3) is 0.857. The van der Waals surface area contributed by atoms with Crippen LogP contribution < -0.4 is 5.32 Å². The Morgan fingerprint density at radius 3 is 2.00 bits per heavy atom. The number of nitrogens with zero attached hydrogens (tertiary/aromatic N) is 2. The van der Waals surface area contributed by atoms with E-state index in [4.69, 9.17) is 0 Å². The van der Waals surface area contributed by atoms with Crippen molar-refractivity contribution in [3.8, 4) is 0 Å². The number of nitrogens with one attached hydrogen (secondary N) is 1. The topological polar surface area (TPSA) is 69.7 Å². The van der Waals surface area contributed by atoms with Gasteiger partial charge >= 0.3 is 12.3 Å². The zero-order valence-corrected chi connectivity index (χ0v) is 9.81. The summed E-state index contributed by atoms with van der Waals surface area (Å²) in [6.45, 7) is -0.113. The van der Waals surface area contributed by atoms with Gasteiger partial charge < -0.3 is 4.90 Å². The van der Waals surface area contributed by atoms with Crippen LogP contribution in [0.2, 0.25) is 0 Å². The van der Waals surface area contributed by atoms with Crippen molar-refractivity contribution in [3.05, 3.63) is 0 Å². The van der Waals surface area contributed by atoms with Crippen molar-refractivity contribution >= 4 is 16.1 Å². The van der Waals surface area contributed by atoms with Crippen LogP contribution in [0.15, 0.2) is 0 Å². The average Bonchev–Trinajstić information content (AvgIpc) is 2.14. The number of carbonyl (C=O) groups excluding carboxylic acids is 1. The van der Waals surface area contributed by atoms with Gasteiger partial charge in [0, 0.05) is 26.2 Å². The standard InChI is InChI=1S/C7H12F3N3O3S/c1-17(15,16)13-4-2-12(3-5-13)6(14)11-7(8,9)10/h2-5H2,1H3,(H,11,14). The van der Waals surface area contributed by atoms with Crippen molar-refractivity contribution in [2.75, 3.05) is 32.4 Å². The number of urea groups is 1. The second-order valence-electron chi connectivity index (χ2n) is 3.58. The highest BCUT2D eigenvalue weighted by Crippen LogP contribution is 2.12. The number of sulfonamides is 1. The lowest BCUT2D eigenvalue weighted by Gasteiger charge is -2.33. The van der Waals surface area contributed by atoms with Crippen LogP contribution in [0.1, 0.15) is 0 Å². The van der Waals surface area contributed by atoms with Crippen molar-refractivity contribution in [1.29, 1.82) is 0 Å². The number of piperazine rings is 1. The number of halogens is 3. The summed E-state index contributed by atoms with van der Waals surface area (Å²) in [6.07, 6.45) is -3.76. The van der Waals surface area contributed by atoms with Crippen LogP contribution >= 0.6 is 0 Å². The van der Waals surface area contributed by atoms with Gasteiger partial charge in [0.15, 0.2) is 0 Å². The van der Waals surface area contributed by atoms with Gasteiger partial charge in [0.25, 0.3) is 0 Å². The largest absolute Gasteiger partial charge is 0.485 e. The number of carbonyl (C=O) groups is 1. The molecule has 0 spiro atoms. The Bertz CT molecular complexity index is 387. The molecular weight excluding hydrogens is 263 g/mol. The maximum Gasteiger partial charge on any atom is 0.485 e. The minimum Gasteiger partial charge on any atom is -0.322 e. The first-order chi connectivity index (χ1) is 7.59. The Morgan fingerprint density at radius 1 is 1.18 bits per heavy atom. The average molecular weight is 275 g/mol. The van der Waals surface area contributed by atoms with Gasteiger partial charge in [0.1, 0.15) is 0 Å². The molecule has 0 aromatic heterocycles. The van der Waals surface area contributed by atoms with E-state index in [0.717, 1.165) is 20.8 Å². The Hall–Kier alpha value is -1.03. The molecule has 0 atom stereocenters. The summed E-state index contributed by atoms with van der Waals surface area (Å²) < 4.78 is 58.9. The SMILES string of the molecule is CS(=O)(=O)N1CCN(C(=O)NC(F)(F)F)CC1. The van der Waals surface area contributed by atoms with Gasteiger partial charge in [0.05, 0.1) is 6.26 Å². The highest BCUT2D eigenvalue weighted by molar-refractivity contribution is 7.88. The van der Waals surface area contributed by atoms with E-state index in [1.54, 1.807) is 0 Å². The highest BCUT2D eigenvalue weighted by atomic mass is 32.2. The minimum atomic E-state index is -4.77. The van der Waals surface area contributed by atoms with Crippen molar-refractivity contribution in [2.24, 2.45) is 0 Å². The smallest absolute Gasteiger partial charge is 0.322 e. The molecule has 6 nitrogen and oxygen atoms in total. The molecule has 0 aliphatic carbocycles. The van der Waals surface area contributed by atoms with Gasteiger partial charge in [-0.2, -0.15) is 17.5 Å². The number of hydrogen-bond donors (Lipinski definition) is 1. The quantitative estimate of drug-likeness (QED) is 0.673.